The third-order valence-corrected chi connectivity index (χ3v) is 2.37. The molecule has 0 aliphatic heterocycles. The summed E-state index contributed by atoms with van der Waals surface area (Å²) in [4.78, 5) is 0. The van der Waals surface area contributed by atoms with E-state index in [1.165, 1.54) is 6.26 Å². The third kappa shape index (κ3) is 1.47. The summed E-state index contributed by atoms with van der Waals surface area (Å²) in [5.74, 6) is 0.778. The molecule has 14 heavy (non-hydrogen) atoms. The van der Waals surface area contributed by atoms with Gasteiger partial charge in [0.1, 0.15) is 5.75 Å². The van der Waals surface area contributed by atoms with Crippen LogP contribution in [0.25, 0.3) is 10.8 Å². The van der Waals surface area contributed by atoms with Crippen LogP contribution in [0.3, 0.4) is 0 Å². The molecule has 0 bridgehead atoms. The van der Waals surface area contributed by atoms with E-state index in [2.05, 4.69) is 6.58 Å². The highest BCUT2D eigenvalue weighted by atomic mass is 35.5. The summed E-state index contributed by atoms with van der Waals surface area (Å²) in [6.07, 6.45) is 1.41. The number of ether oxygens (including phenoxy) is 1. The molecule has 0 saturated heterocycles. The van der Waals surface area contributed by atoms with Crippen LogP contribution in [-0.4, -0.2) is 0 Å². The molecule has 0 atom stereocenters. The van der Waals surface area contributed by atoms with Crippen molar-refractivity contribution < 1.29 is 4.74 Å². The van der Waals surface area contributed by atoms with E-state index in [0.29, 0.717) is 0 Å². The van der Waals surface area contributed by atoms with Crippen LogP contribution in [0.2, 0.25) is 5.02 Å². The minimum absolute atomic E-state index is 0.733. The molecule has 0 spiro atoms. The monoisotopic (exact) mass is 204 g/mol. The van der Waals surface area contributed by atoms with E-state index in [9.17, 15) is 0 Å². The van der Waals surface area contributed by atoms with Crippen LogP contribution in [0.4, 0.5) is 0 Å². The Hall–Kier alpha value is -1.47. The Morgan fingerprint density at radius 1 is 1.07 bits per heavy atom. The summed E-state index contributed by atoms with van der Waals surface area (Å²) in [6, 6.07) is 11.5. The zero-order chi connectivity index (χ0) is 9.97. The molecule has 2 aromatic rings. The largest absolute Gasteiger partial charge is 0.465 e. The average molecular weight is 205 g/mol. The Morgan fingerprint density at radius 2 is 1.79 bits per heavy atom. The van der Waals surface area contributed by atoms with Crippen molar-refractivity contribution in [2.45, 2.75) is 0 Å². The van der Waals surface area contributed by atoms with Gasteiger partial charge >= 0.3 is 0 Å². The summed E-state index contributed by atoms with van der Waals surface area (Å²) in [5, 5.41) is 2.73. The van der Waals surface area contributed by atoms with E-state index in [4.69, 9.17) is 16.3 Å². The van der Waals surface area contributed by atoms with Crippen LogP contribution >= 0.6 is 11.6 Å². The minimum Gasteiger partial charge on any atom is -0.465 e. The van der Waals surface area contributed by atoms with E-state index in [1.807, 2.05) is 36.4 Å². The SMILES string of the molecule is C=COc1ccc(Cl)c2ccccc12. The van der Waals surface area contributed by atoms with Gasteiger partial charge in [-0.05, 0) is 12.1 Å². The van der Waals surface area contributed by atoms with Crippen molar-refractivity contribution in [2.75, 3.05) is 0 Å². The summed E-state index contributed by atoms with van der Waals surface area (Å²) in [5.41, 5.74) is 0. The van der Waals surface area contributed by atoms with Crippen LogP contribution in [0, 0.1) is 0 Å². The Balaban J connectivity index is 2.74. The van der Waals surface area contributed by atoms with Gasteiger partial charge in [0, 0.05) is 15.8 Å². The van der Waals surface area contributed by atoms with E-state index >= 15 is 0 Å². The summed E-state index contributed by atoms with van der Waals surface area (Å²) in [7, 11) is 0. The van der Waals surface area contributed by atoms with Crippen molar-refractivity contribution in [3.63, 3.8) is 0 Å². The number of rotatable bonds is 2. The summed E-state index contributed by atoms with van der Waals surface area (Å²) in [6.45, 7) is 3.53. The van der Waals surface area contributed by atoms with E-state index in [0.717, 1.165) is 21.5 Å². The molecule has 0 radical (unpaired) electrons. The molecule has 0 unspecified atom stereocenters. The van der Waals surface area contributed by atoms with Crippen molar-refractivity contribution in [1.29, 1.82) is 0 Å². The normalized spacial score (nSPS) is 10.1. The van der Waals surface area contributed by atoms with Gasteiger partial charge in [-0.2, -0.15) is 0 Å². The van der Waals surface area contributed by atoms with E-state index in [-0.39, 0.29) is 0 Å². The molecule has 0 amide bonds. The van der Waals surface area contributed by atoms with Crippen molar-refractivity contribution in [1.82, 2.24) is 0 Å². The summed E-state index contributed by atoms with van der Waals surface area (Å²) >= 11 is 6.05. The number of fused-ring (bicyclic) bond motifs is 1. The second kappa shape index (κ2) is 3.72. The van der Waals surface area contributed by atoms with Crippen LogP contribution in [0.15, 0.2) is 49.2 Å². The Labute approximate surface area is 87.6 Å². The standard InChI is InChI=1S/C12H9ClO/c1-2-14-12-8-7-11(13)9-5-3-4-6-10(9)12/h2-8H,1H2. The van der Waals surface area contributed by atoms with Crippen molar-refractivity contribution >= 4 is 22.4 Å². The van der Waals surface area contributed by atoms with Gasteiger partial charge in [0.25, 0.3) is 0 Å². The average Bonchev–Trinajstić information content (AvgIpc) is 2.23. The van der Waals surface area contributed by atoms with Crippen molar-refractivity contribution in [2.24, 2.45) is 0 Å². The van der Waals surface area contributed by atoms with Gasteiger partial charge in [0.2, 0.25) is 0 Å². The highest BCUT2D eigenvalue weighted by molar-refractivity contribution is 6.35. The maximum absolute atomic E-state index is 6.05. The maximum atomic E-state index is 6.05. The predicted molar refractivity (Wildman–Crippen MR) is 59.8 cm³/mol. The molecule has 1 nitrogen and oxygen atoms in total. The first kappa shape index (κ1) is 9.10. The first-order valence-electron chi connectivity index (χ1n) is 4.28. The van der Waals surface area contributed by atoms with Crippen molar-refractivity contribution in [3.05, 3.63) is 54.3 Å². The lowest BCUT2D eigenvalue weighted by molar-refractivity contribution is 0.489. The highest BCUT2D eigenvalue weighted by Gasteiger charge is 2.03. The van der Waals surface area contributed by atoms with Crippen LogP contribution in [0.5, 0.6) is 5.75 Å². The highest BCUT2D eigenvalue weighted by Crippen LogP contribution is 2.31. The van der Waals surface area contributed by atoms with Gasteiger partial charge in [0.05, 0.1) is 6.26 Å². The molecule has 0 aliphatic carbocycles. The van der Waals surface area contributed by atoms with Gasteiger partial charge in [-0.15, -0.1) is 0 Å². The smallest absolute Gasteiger partial charge is 0.134 e. The molecule has 2 rings (SSSR count). The van der Waals surface area contributed by atoms with Gasteiger partial charge in [-0.25, -0.2) is 0 Å². The zero-order valence-corrected chi connectivity index (χ0v) is 8.29. The number of hydrogen-bond acceptors (Lipinski definition) is 1. The lowest BCUT2D eigenvalue weighted by Gasteiger charge is -2.06. The Kier molecular flexibility index (Phi) is 2.42. The molecule has 0 heterocycles. The molecule has 2 heteroatoms. The first-order valence-corrected chi connectivity index (χ1v) is 4.65. The lowest BCUT2D eigenvalue weighted by Crippen LogP contribution is -1.83. The van der Waals surface area contributed by atoms with E-state index < -0.39 is 0 Å². The number of halogens is 1. The van der Waals surface area contributed by atoms with Gasteiger partial charge < -0.3 is 4.74 Å². The predicted octanol–water partition coefficient (Wildman–Crippen LogP) is 4.02. The Morgan fingerprint density at radius 3 is 2.50 bits per heavy atom. The summed E-state index contributed by atoms with van der Waals surface area (Å²) < 4.78 is 5.28. The van der Waals surface area contributed by atoms with Crippen LogP contribution in [-0.2, 0) is 0 Å². The molecule has 0 saturated carbocycles. The fraction of sp³-hybridized carbons (Fsp3) is 0. The number of benzene rings is 2. The zero-order valence-electron chi connectivity index (χ0n) is 7.53. The van der Waals surface area contributed by atoms with Crippen molar-refractivity contribution in [3.8, 4) is 5.75 Å². The lowest BCUT2D eigenvalue weighted by atomic mass is 10.1. The molecule has 70 valence electrons. The molecule has 2 aromatic carbocycles. The number of hydrogen-bond donors (Lipinski definition) is 0. The fourth-order valence-corrected chi connectivity index (χ4v) is 1.65. The molecule has 0 fully saturated rings. The van der Waals surface area contributed by atoms with Crippen LogP contribution in [0.1, 0.15) is 0 Å². The van der Waals surface area contributed by atoms with E-state index in [1.54, 1.807) is 0 Å². The van der Waals surface area contributed by atoms with Gasteiger partial charge in [-0.3, -0.25) is 0 Å². The molecular formula is C12H9ClO. The molecule has 0 aliphatic rings. The molecule has 0 N–H and O–H groups in total. The van der Waals surface area contributed by atoms with Gasteiger partial charge in [-0.1, -0.05) is 42.4 Å². The quantitative estimate of drug-likeness (QED) is 0.672. The van der Waals surface area contributed by atoms with Crippen LogP contribution < -0.4 is 4.74 Å². The molecule has 0 aromatic heterocycles. The minimum atomic E-state index is 0.733. The first-order chi connectivity index (χ1) is 6.83. The second-order valence-electron chi connectivity index (χ2n) is 2.88. The van der Waals surface area contributed by atoms with Gasteiger partial charge in [0.15, 0.2) is 0 Å². The fourth-order valence-electron chi connectivity index (χ4n) is 1.43. The third-order valence-electron chi connectivity index (χ3n) is 2.04. The second-order valence-corrected chi connectivity index (χ2v) is 3.28. The maximum Gasteiger partial charge on any atom is 0.134 e. The topological polar surface area (TPSA) is 9.23 Å². The molecular weight excluding hydrogens is 196 g/mol. The Bertz CT molecular complexity index is 477.